The molecule has 4 heteroatoms. The van der Waals surface area contributed by atoms with Gasteiger partial charge < -0.3 is 9.84 Å². The number of likely N-dealkylation sites (tertiary alicyclic amines) is 1. The van der Waals surface area contributed by atoms with Crippen molar-refractivity contribution in [3.8, 4) is 0 Å². The lowest BCUT2D eigenvalue weighted by molar-refractivity contribution is -0.155. The zero-order chi connectivity index (χ0) is 12.1. The van der Waals surface area contributed by atoms with Crippen LogP contribution in [-0.4, -0.2) is 47.8 Å². The first-order valence-corrected chi connectivity index (χ1v) is 6.13. The quantitative estimate of drug-likeness (QED) is 0.735. The first-order valence-electron chi connectivity index (χ1n) is 6.13. The second kappa shape index (κ2) is 6.21. The number of carbonyl (C=O) groups excluding carboxylic acids is 1. The molecule has 1 aliphatic rings. The van der Waals surface area contributed by atoms with E-state index in [9.17, 15) is 9.90 Å². The molecule has 1 heterocycles. The Kier molecular flexibility index (Phi) is 5.22. The largest absolute Gasteiger partial charge is 0.468 e. The van der Waals surface area contributed by atoms with Crippen molar-refractivity contribution in [2.45, 2.75) is 57.7 Å². The number of nitrogens with zero attached hydrogens (tertiary/aromatic N) is 1. The second-order valence-electron chi connectivity index (χ2n) is 4.55. The summed E-state index contributed by atoms with van der Waals surface area (Å²) in [5.74, 6) is -0.310. The van der Waals surface area contributed by atoms with Crippen LogP contribution in [0.2, 0.25) is 0 Å². The molecule has 1 rings (SSSR count). The number of methoxy groups -OCH3 is 1. The van der Waals surface area contributed by atoms with E-state index in [1.165, 1.54) is 7.11 Å². The zero-order valence-electron chi connectivity index (χ0n) is 10.5. The maximum absolute atomic E-state index is 11.7. The van der Waals surface area contributed by atoms with Gasteiger partial charge in [0, 0.05) is 6.04 Å². The number of aliphatic hydroxyl groups is 1. The maximum Gasteiger partial charge on any atom is 0.325 e. The van der Waals surface area contributed by atoms with Crippen molar-refractivity contribution in [2.24, 2.45) is 0 Å². The number of piperidine rings is 1. The molecular weight excluding hydrogens is 206 g/mol. The lowest BCUT2D eigenvalue weighted by Gasteiger charge is -2.40. The third-order valence-corrected chi connectivity index (χ3v) is 3.35. The molecule has 3 atom stereocenters. The minimum Gasteiger partial charge on any atom is -0.468 e. The summed E-state index contributed by atoms with van der Waals surface area (Å²) >= 11 is 0. The summed E-state index contributed by atoms with van der Waals surface area (Å²) in [6, 6.07) is -0.149. The Morgan fingerprint density at radius 3 is 2.88 bits per heavy atom. The molecule has 0 bridgehead atoms. The highest BCUT2D eigenvalue weighted by atomic mass is 16.5. The van der Waals surface area contributed by atoms with E-state index in [-0.39, 0.29) is 5.97 Å². The van der Waals surface area contributed by atoms with Crippen LogP contribution in [0.5, 0.6) is 0 Å². The smallest absolute Gasteiger partial charge is 0.325 e. The van der Waals surface area contributed by atoms with Crippen LogP contribution < -0.4 is 0 Å². The van der Waals surface area contributed by atoms with E-state index >= 15 is 0 Å². The van der Waals surface area contributed by atoms with Gasteiger partial charge in [-0.2, -0.15) is 0 Å². The zero-order valence-corrected chi connectivity index (χ0v) is 10.5. The summed E-state index contributed by atoms with van der Waals surface area (Å²) in [5, 5.41) is 9.92. The minimum atomic E-state index is -0.583. The number of hydrogen-bond donors (Lipinski definition) is 1. The van der Waals surface area contributed by atoms with Crippen LogP contribution in [-0.2, 0) is 9.53 Å². The van der Waals surface area contributed by atoms with E-state index in [0.717, 1.165) is 25.8 Å². The van der Waals surface area contributed by atoms with Gasteiger partial charge in [-0.25, -0.2) is 0 Å². The Labute approximate surface area is 97.6 Å². The van der Waals surface area contributed by atoms with Gasteiger partial charge in [-0.15, -0.1) is 0 Å². The van der Waals surface area contributed by atoms with E-state index in [1.807, 2.05) is 0 Å². The summed E-state index contributed by atoms with van der Waals surface area (Å²) in [4.78, 5) is 13.8. The number of rotatable bonds is 4. The molecule has 1 N–H and O–H groups in total. The Balaban J connectivity index is 2.73. The molecule has 16 heavy (non-hydrogen) atoms. The fraction of sp³-hybridized carbons (Fsp3) is 0.917. The van der Waals surface area contributed by atoms with Crippen LogP contribution in [0.15, 0.2) is 0 Å². The van der Waals surface area contributed by atoms with Crippen LogP contribution in [0.3, 0.4) is 0 Å². The molecule has 0 aromatic rings. The Bertz CT molecular complexity index is 232. The van der Waals surface area contributed by atoms with Crippen LogP contribution in [0.4, 0.5) is 0 Å². The molecule has 0 saturated carbocycles. The second-order valence-corrected chi connectivity index (χ2v) is 4.55. The van der Waals surface area contributed by atoms with Crippen molar-refractivity contribution >= 4 is 5.97 Å². The van der Waals surface area contributed by atoms with Crippen molar-refractivity contribution in [2.75, 3.05) is 13.7 Å². The topological polar surface area (TPSA) is 49.8 Å². The van der Waals surface area contributed by atoms with Gasteiger partial charge >= 0.3 is 5.97 Å². The molecule has 1 aliphatic heterocycles. The average Bonchev–Trinajstić information content (AvgIpc) is 2.28. The summed E-state index contributed by atoms with van der Waals surface area (Å²) in [6.45, 7) is 5.11. The third kappa shape index (κ3) is 2.95. The predicted molar refractivity (Wildman–Crippen MR) is 62.1 cm³/mol. The highest BCUT2D eigenvalue weighted by Crippen LogP contribution is 2.23. The normalized spacial score (nSPS) is 28.8. The number of ether oxygens (including phenoxy) is 1. The van der Waals surface area contributed by atoms with Crippen molar-refractivity contribution < 1.29 is 14.6 Å². The number of esters is 1. The average molecular weight is 229 g/mol. The third-order valence-electron chi connectivity index (χ3n) is 3.35. The van der Waals surface area contributed by atoms with Gasteiger partial charge in [0.2, 0.25) is 0 Å². The van der Waals surface area contributed by atoms with E-state index in [2.05, 4.69) is 18.7 Å². The van der Waals surface area contributed by atoms with E-state index in [4.69, 9.17) is 4.74 Å². The van der Waals surface area contributed by atoms with E-state index < -0.39 is 12.1 Å². The van der Waals surface area contributed by atoms with Gasteiger partial charge in [0.1, 0.15) is 6.04 Å². The fourth-order valence-corrected chi connectivity index (χ4v) is 2.49. The molecule has 0 radical (unpaired) electrons. The molecule has 0 aliphatic carbocycles. The molecule has 1 saturated heterocycles. The summed E-state index contributed by atoms with van der Waals surface area (Å²) < 4.78 is 4.78. The highest BCUT2D eigenvalue weighted by molar-refractivity contribution is 5.76. The molecule has 0 spiro atoms. The molecule has 4 nitrogen and oxygen atoms in total. The first-order chi connectivity index (χ1) is 7.61. The summed E-state index contributed by atoms with van der Waals surface area (Å²) in [5.41, 5.74) is 0. The molecule has 94 valence electrons. The predicted octanol–water partition coefficient (Wildman–Crippen LogP) is 1.17. The maximum atomic E-state index is 11.7. The molecule has 0 amide bonds. The van der Waals surface area contributed by atoms with Gasteiger partial charge in [0.25, 0.3) is 0 Å². The molecular formula is C12H23NO3. The number of aliphatic hydroxyl groups excluding tert-OH is 1. The number of hydrogen-bond acceptors (Lipinski definition) is 4. The van der Waals surface area contributed by atoms with Gasteiger partial charge in [0.05, 0.1) is 13.2 Å². The van der Waals surface area contributed by atoms with Crippen LogP contribution in [0.1, 0.15) is 39.5 Å². The lowest BCUT2D eigenvalue weighted by atomic mass is 9.96. The lowest BCUT2D eigenvalue weighted by Crippen LogP contribution is -2.56. The molecule has 0 aromatic carbocycles. The van der Waals surface area contributed by atoms with Crippen molar-refractivity contribution in [3.63, 3.8) is 0 Å². The van der Waals surface area contributed by atoms with Gasteiger partial charge in [-0.05, 0) is 32.7 Å². The van der Waals surface area contributed by atoms with E-state index in [1.54, 1.807) is 0 Å². The standard InChI is InChI=1S/C12H23NO3/c1-4-6-9(2)13-8-5-7-10(14)11(13)12(15)16-3/h9-11,14H,4-8H2,1-3H3/t9-,10+,11-/m0/s1. The van der Waals surface area contributed by atoms with Gasteiger partial charge in [-0.3, -0.25) is 9.69 Å². The number of carbonyl (C=O) groups is 1. The monoisotopic (exact) mass is 229 g/mol. The van der Waals surface area contributed by atoms with Crippen LogP contribution in [0.25, 0.3) is 0 Å². The molecule has 1 fully saturated rings. The Morgan fingerprint density at radius 2 is 2.31 bits per heavy atom. The summed E-state index contributed by atoms with van der Waals surface area (Å²) in [7, 11) is 1.38. The Morgan fingerprint density at radius 1 is 1.62 bits per heavy atom. The van der Waals surface area contributed by atoms with Crippen molar-refractivity contribution in [1.82, 2.24) is 4.90 Å². The summed E-state index contributed by atoms with van der Waals surface area (Å²) in [6.07, 6.45) is 3.18. The van der Waals surface area contributed by atoms with Crippen LogP contribution in [0, 0.1) is 0 Å². The minimum absolute atomic E-state index is 0.310. The highest BCUT2D eigenvalue weighted by Gasteiger charge is 2.38. The van der Waals surface area contributed by atoms with Gasteiger partial charge in [-0.1, -0.05) is 13.3 Å². The first kappa shape index (κ1) is 13.5. The van der Waals surface area contributed by atoms with Crippen LogP contribution >= 0.6 is 0 Å². The van der Waals surface area contributed by atoms with Crippen molar-refractivity contribution in [1.29, 1.82) is 0 Å². The Hall–Kier alpha value is -0.610. The molecule has 0 aromatic heterocycles. The van der Waals surface area contributed by atoms with E-state index in [0.29, 0.717) is 12.5 Å². The molecule has 0 unspecified atom stereocenters. The fourth-order valence-electron chi connectivity index (χ4n) is 2.49. The van der Waals surface area contributed by atoms with Gasteiger partial charge in [0.15, 0.2) is 0 Å². The van der Waals surface area contributed by atoms with Crippen molar-refractivity contribution in [3.05, 3.63) is 0 Å². The SMILES string of the molecule is CCC[C@H](C)N1CCC[C@@H](O)[C@H]1C(=O)OC.